The van der Waals surface area contributed by atoms with Gasteiger partial charge in [0.15, 0.2) is 5.69 Å². The second-order valence-electron chi connectivity index (χ2n) is 2.68. The number of carboxylic acid groups (broad SMARTS) is 1. The van der Waals surface area contributed by atoms with E-state index in [1.807, 2.05) is 0 Å². The van der Waals surface area contributed by atoms with Crippen LogP contribution in [0.5, 0.6) is 0 Å². The number of aromatic nitrogens is 2. The molecule has 0 radical (unpaired) electrons. The highest BCUT2D eigenvalue weighted by Crippen LogP contribution is 2.18. The number of carboxylic acids is 1. The van der Waals surface area contributed by atoms with Crippen molar-refractivity contribution < 1.29 is 9.90 Å². The van der Waals surface area contributed by atoms with E-state index in [2.05, 4.69) is 9.36 Å². The molecule has 0 spiro atoms. The van der Waals surface area contributed by atoms with Crippen LogP contribution >= 0.6 is 11.5 Å². The molecule has 0 atom stereocenters. The molecular formula is C8H6N2O2S. The first-order valence-electron chi connectivity index (χ1n) is 3.64. The van der Waals surface area contributed by atoms with Gasteiger partial charge >= 0.3 is 5.97 Å². The molecule has 13 heavy (non-hydrogen) atoms. The largest absolute Gasteiger partial charge is 0.477 e. The molecule has 0 aromatic carbocycles. The summed E-state index contributed by atoms with van der Waals surface area (Å²) in [5.74, 6) is -0.993. The number of pyridine rings is 1. The van der Waals surface area contributed by atoms with E-state index in [1.54, 1.807) is 19.2 Å². The van der Waals surface area contributed by atoms with Crippen LogP contribution in [0.2, 0.25) is 0 Å². The van der Waals surface area contributed by atoms with E-state index in [-0.39, 0.29) is 5.69 Å². The van der Waals surface area contributed by atoms with Crippen molar-refractivity contribution in [2.75, 3.05) is 0 Å². The summed E-state index contributed by atoms with van der Waals surface area (Å²) in [4.78, 5) is 15.4. The van der Waals surface area contributed by atoms with Gasteiger partial charge in [0.25, 0.3) is 0 Å². The van der Waals surface area contributed by atoms with E-state index in [0.29, 0.717) is 10.4 Å². The summed E-state index contributed by atoms with van der Waals surface area (Å²) in [6.45, 7) is 1.73. The lowest BCUT2D eigenvalue weighted by Crippen LogP contribution is -2.02. The zero-order valence-electron chi connectivity index (χ0n) is 6.81. The maximum atomic E-state index is 10.7. The molecule has 2 aromatic heterocycles. The van der Waals surface area contributed by atoms with E-state index in [9.17, 15) is 4.79 Å². The van der Waals surface area contributed by atoms with Crippen LogP contribution in [0.25, 0.3) is 10.2 Å². The molecule has 5 heteroatoms. The average Bonchev–Trinajstić information content (AvgIpc) is 2.48. The van der Waals surface area contributed by atoms with Gasteiger partial charge < -0.3 is 5.11 Å². The lowest BCUT2D eigenvalue weighted by atomic mass is 10.2. The Morgan fingerprint density at radius 1 is 1.62 bits per heavy atom. The van der Waals surface area contributed by atoms with Crippen LogP contribution in [0.3, 0.4) is 0 Å². The zero-order chi connectivity index (χ0) is 9.42. The second-order valence-corrected chi connectivity index (χ2v) is 3.46. The molecule has 0 aliphatic carbocycles. The third-order valence-electron chi connectivity index (χ3n) is 1.74. The van der Waals surface area contributed by atoms with Crippen molar-refractivity contribution in [3.8, 4) is 0 Å². The summed E-state index contributed by atoms with van der Waals surface area (Å²) >= 11 is 1.20. The van der Waals surface area contributed by atoms with Crippen LogP contribution in [0.1, 0.15) is 16.1 Å². The van der Waals surface area contributed by atoms with Crippen LogP contribution in [-0.2, 0) is 0 Å². The van der Waals surface area contributed by atoms with Gasteiger partial charge in [0.1, 0.15) is 4.83 Å². The van der Waals surface area contributed by atoms with Gasteiger partial charge in [0.2, 0.25) is 0 Å². The quantitative estimate of drug-likeness (QED) is 0.750. The number of nitrogens with zero attached hydrogens (tertiary/aromatic N) is 2. The first-order chi connectivity index (χ1) is 6.18. The van der Waals surface area contributed by atoms with Crippen LogP contribution < -0.4 is 0 Å². The summed E-state index contributed by atoms with van der Waals surface area (Å²) in [5.41, 5.74) is 0.775. The predicted molar refractivity (Wildman–Crippen MR) is 49.1 cm³/mol. The van der Waals surface area contributed by atoms with Crippen LogP contribution in [0, 0.1) is 6.92 Å². The van der Waals surface area contributed by atoms with Crippen molar-refractivity contribution in [3.05, 3.63) is 23.5 Å². The standard InChI is InChI=1S/C8H6N2O2S/c1-4-2-5-3-9-13-7(5)10-6(4)8(11)12/h2-3H,1H3,(H,11,12). The SMILES string of the molecule is Cc1cc2cnsc2nc1C(=O)O. The monoisotopic (exact) mass is 194 g/mol. The van der Waals surface area contributed by atoms with Crippen molar-refractivity contribution in [3.63, 3.8) is 0 Å². The molecule has 0 fully saturated rings. The minimum atomic E-state index is -0.993. The molecule has 66 valence electrons. The topological polar surface area (TPSA) is 63.1 Å². The van der Waals surface area contributed by atoms with Crippen molar-refractivity contribution >= 4 is 27.7 Å². The highest BCUT2D eigenvalue weighted by Gasteiger charge is 2.10. The zero-order valence-corrected chi connectivity index (χ0v) is 7.63. The van der Waals surface area contributed by atoms with Gasteiger partial charge in [-0.05, 0) is 30.1 Å². The summed E-state index contributed by atoms with van der Waals surface area (Å²) in [6.07, 6.45) is 1.69. The third-order valence-corrected chi connectivity index (χ3v) is 2.45. The van der Waals surface area contributed by atoms with Gasteiger partial charge in [-0.3, -0.25) is 0 Å². The average molecular weight is 194 g/mol. The smallest absolute Gasteiger partial charge is 0.354 e. The maximum Gasteiger partial charge on any atom is 0.354 e. The summed E-state index contributed by atoms with van der Waals surface area (Å²) in [6, 6.07) is 1.79. The molecule has 0 saturated heterocycles. The Morgan fingerprint density at radius 3 is 3.08 bits per heavy atom. The van der Waals surface area contributed by atoms with Crippen LogP contribution in [0.15, 0.2) is 12.3 Å². The van der Waals surface area contributed by atoms with Gasteiger partial charge in [0.05, 0.1) is 6.20 Å². The Kier molecular flexibility index (Phi) is 1.73. The number of rotatable bonds is 1. The molecule has 0 unspecified atom stereocenters. The predicted octanol–water partition coefficient (Wildman–Crippen LogP) is 1.70. The Bertz CT molecular complexity index is 478. The summed E-state index contributed by atoms with van der Waals surface area (Å²) in [7, 11) is 0. The summed E-state index contributed by atoms with van der Waals surface area (Å²) in [5, 5.41) is 9.68. The number of hydrogen-bond acceptors (Lipinski definition) is 4. The Labute approximate surface area is 78.0 Å². The molecular weight excluding hydrogens is 188 g/mol. The molecule has 4 nitrogen and oxygen atoms in total. The molecule has 0 saturated carbocycles. The summed E-state index contributed by atoms with van der Waals surface area (Å²) < 4.78 is 3.93. The second kappa shape index (κ2) is 2.77. The fourth-order valence-corrected chi connectivity index (χ4v) is 1.75. The van der Waals surface area contributed by atoms with Gasteiger partial charge in [-0.1, -0.05) is 0 Å². The van der Waals surface area contributed by atoms with E-state index in [4.69, 9.17) is 5.11 Å². The van der Waals surface area contributed by atoms with Crippen molar-refractivity contribution in [1.82, 2.24) is 9.36 Å². The van der Waals surface area contributed by atoms with Gasteiger partial charge in [0, 0.05) is 5.39 Å². The fraction of sp³-hybridized carbons (Fsp3) is 0.125. The van der Waals surface area contributed by atoms with Crippen LogP contribution in [-0.4, -0.2) is 20.4 Å². The molecule has 1 N–H and O–H groups in total. The highest BCUT2D eigenvalue weighted by molar-refractivity contribution is 7.12. The van der Waals surface area contributed by atoms with E-state index in [0.717, 1.165) is 5.39 Å². The normalized spacial score (nSPS) is 10.5. The van der Waals surface area contributed by atoms with Crippen molar-refractivity contribution in [2.45, 2.75) is 6.92 Å². The van der Waals surface area contributed by atoms with E-state index in [1.165, 1.54) is 11.5 Å². The molecule has 0 amide bonds. The molecule has 0 bridgehead atoms. The van der Waals surface area contributed by atoms with Crippen molar-refractivity contribution in [2.24, 2.45) is 0 Å². The minimum Gasteiger partial charge on any atom is -0.477 e. The lowest BCUT2D eigenvalue weighted by Gasteiger charge is -1.97. The van der Waals surface area contributed by atoms with Crippen molar-refractivity contribution in [1.29, 1.82) is 0 Å². The number of carbonyl (C=O) groups is 1. The highest BCUT2D eigenvalue weighted by atomic mass is 32.1. The maximum absolute atomic E-state index is 10.7. The Hall–Kier alpha value is -1.49. The lowest BCUT2D eigenvalue weighted by molar-refractivity contribution is 0.0690. The third kappa shape index (κ3) is 1.27. The number of aryl methyl sites for hydroxylation is 1. The Balaban J connectivity index is 2.76. The van der Waals surface area contributed by atoms with Crippen LogP contribution in [0.4, 0.5) is 0 Å². The van der Waals surface area contributed by atoms with Gasteiger partial charge in [-0.2, -0.15) is 4.37 Å². The number of aromatic carboxylic acids is 1. The van der Waals surface area contributed by atoms with Gasteiger partial charge in [-0.25, -0.2) is 9.78 Å². The van der Waals surface area contributed by atoms with Gasteiger partial charge in [-0.15, -0.1) is 0 Å². The first kappa shape index (κ1) is 8.12. The Morgan fingerprint density at radius 2 is 2.38 bits per heavy atom. The minimum absolute atomic E-state index is 0.108. The molecule has 2 aromatic rings. The fourth-order valence-electron chi connectivity index (χ4n) is 1.13. The molecule has 2 rings (SSSR count). The molecule has 0 aliphatic rings. The molecule has 2 heterocycles. The first-order valence-corrected chi connectivity index (χ1v) is 4.41. The number of fused-ring (bicyclic) bond motifs is 1. The molecule has 0 aliphatic heterocycles. The van der Waals surface area contributed by atoms with E-state index < -0.39 is 5.97 Å². The number of hydrogen-bond donors (Lipinski definition) is 1. The van der Waals surface area contributed by atoms with E-state index >= 15 is 0 Å².